The smallest absolute Gasteiger partial charge is 0.191 e. The van der Waals surface area contributed by atoms with Crippen molar-refractivity contribution in [2.75, 3.05) is 32.8 Å². The van der Waals surface area contributed by atoms with Crippen molar-refractivity contribution in [1.82, 2.24) is 25.4 Å². The van der Waals surface area contributed by atoms with Crippen molar-refractivity contribution < 1.29 is 4.74 Å². The van der Waals surface area contributed by atoms with Crippen LogP contribution in [-0.4, -0.2) is 53.6 Å². The minimum Gasteiger partial charge on any atom is -0.381 e. The monoisotopic (exact) mass is 392 g/mol. The summed E-state index contributed by atoms with van der Waals surface area (Å²) < 4.78 is 7.75. The van der Waals surface area contributed by atoms with E-state index in [9.17, 15) is 0 Å². The van der Waals surface area contributed by atoms with Gasteiger partial charge < -0.3 is 19.9 Å². The Morgan fingerprint density at radius 3 is 2.71 bits per heavy atom. The SMILES string of the molecule is CCCCOCCCNC(=NCC1CCCCC1)NCCn1cnnc1CC. The van der Waals surface area contributed by atoms with Crippen LogP contribution in [0.5, 0.6) is 0 Å². The first-order valence-corrected chi connectivity index (χ1v) is 11.3. The van der Waals surface area contributed by atoms with Gasteiger partial charge in [0.1, 0.15) is 12.2 Å². The van der Waals surface area contributed by atoms with Gasteiger partial charge in [0.25, 0.3) is 0 Å². The summed E-state index contributed by atoms with van der Waals surface area (Å²) in [5, 5.41) is 15.1. The zero-order valence-electron chi connectivity index (χ0n) is 18.0. The Hall–Kier alpha value is -1.63. The first kappa shape index (κ1) is 22.7. The third-order valence-electron chi connectivity index (χ3n) is 5.29. The molecule has 1 saturated carbocycles. The fourth-order valence-corrected chi connectivity index (χ4v) is 3.53. The molecule has 0 aliphatic heterocycles. The van der Waals surface area contributed by atoms with Gasteiger partial charge in [-0.2, -0.15) is 0 Å². The molecule has 0 atom stereocenters. The Kier molecular flexibility index (Phi) is 11.6. The first-order valence-electron chi connectivity index (χ1n) is 11.3. The van der Waals surface area contributed by atoms with E-state index in [0.29, 0.717) is 0 Å². The van der Waals surface area contributed by atoms with Gasteiger partial charge in [-0.15, -0.1) is 10.2 Å². The van der Waals surface area contributed by atoms with Gasteiger partial charge in [-0.25, -0.2) is 0 Å². The summed E-state index contributed by atoms with van der Waals surface area (Å²) in [6, 6.07) is 0. The van der Waals surface area contributed by atoms with E-state index in [1.165, 1.54) is 38.5 Å². The number of aryl methyl sites for hydroxylation is 1. The lowest BCUT2D eigenvalue weighted by atomic mass is 9.89. The number of aliphatic imine (C=N–C) groups is 1. The molecule has 1 aliphatic rings. The summed E-state index contributed by atoms with van der Waals surface area (Å²) in [7, 11) is 0. The van der Waals surface area contributed by atoms with Crippen LogP contribution >= 0.6 is 0 Å². The van der Waals surface area contributed by atoms with Gasteiger partial charge in [0.2, 0.25) is 0 Å². The summed E-state index contributed by atoms with van der Waals surface area (Å²) in [6.07, 6.45) is 12.8. The largest absolute Gasteiger partial charge is 0.381 e. The second kappa shape index (κ2) is 14.4. The van der Waals surface area contributed by atoms with Crippen molar-refractivity contribution in [3.8, 4) is 0 Å². The van der Waals surface area contributed by atoms with E-state index in [2.05, 4.69) is 39.2 Å². The van der Waals surface area contributed by atoms with Crippen molar-refractivity contribution in [3.05, 3.63) is 12.2 Å². The van der Waals surface area contributed by atoms with Crippen LogP contribution in [0.4, 0.5) is 0 Å². The Morgan fingerprint density at radius 2 is 1.93 bits per heavy atom. The van der Waals surface area contributed by atoms with E-state index in [1.54, 1.807) is 6.33 Å². The fourth-order valence-electron chi connectivity index (χ4n) is 3.53. The maximum absolute atomic E-state index is 5.65. The lowest BCUT2D eigenvalue weighted by Crippen LogP contribution is -2.40. The highest BCUT2D eigenvalue weighted by Gasteiger charge is 2.13. The number of nitrogens with one attached hydrogen (secondary N) is 2. The topological polar surface area (TPSA) is 76.4 Å². The normalized spacial score (nSPS) is 15.7. The van der Waals surface area contributed by atoms with Gasteiger partial charge in [-0.05, 0) is 31.6 Å². The quantitative estimate of drug-likeness (QED) is 0.306. The Morgan fingerprint density at radius 1 is 1.14 bits per heavy atom. The van der Waals surface area contributed by atoms with Crippen molar-refractivity contribution in [3.63, 3.8) is 0 Å². The Labute approximate surface area is 170 Å². The maximum atomic E-state index is 5.65. The lowest BCUT2D eigenvalue weighted by Gasteiger charge is -2.20. The number of ether oxygens (including phenoxy) is 1. The summed E-state index contributed by atoms with van der Waals surface area (Å²) in [4.78, 5) is 4.87. The number of aromatic nitrogens is 3. The van der Waals surface area contributed by atoms with E-state index in [1.807, 2.05) is 0 Å². The molecule has 1 aromatic heterocycles. The van der Waals surface area contributed by atoms with Crippen molar-refractivity contribution >= 4 is 5.96 Å². The molecule has 0 unspecified atom stereocenters. The molecule has 0 bridgehead atoms. The molecule has 2 rings (SSSR count). The number of rotatable bonds is 13. The molecule has 28 heavy (non-hydrogen) atoms. The molecule has 0 saturated heterocycles. The minimum atomic E-state index is 0.745. The van der Waals surface area contributed by atoms with Crippen molar-refractivity contribution in [2.24, 2.45) is 10.9 Å². The average molecular weight is 393 g/mol. The van der Waals surface area contributed by atoms with E-state index < -0.39 is 0 Å². The second-order valence-electron chi connectivity index (χ2n) is 7.66. The van der Waals surface area contributed by atoms with Gasteiger partial charge in [0.15, 0.2) is 5.96 Å². The minimum absolute atomic E-state index is 0.745. The summed E-state index contributed by atoms with van der Waals surface area (Å²) in [5.74, 6) is 2.69. The van der Waals surface area contributed by atoms with E-state index in [0.717, 1.165) is 76.4 Å². The van der Waals surface area contributed by atoms with E-state index in [4.69, 9.17) is 9.73 Å². The third kappa shape index (κ3) is 9.04. The van der Waals surface area contributed by atoms with Crippen LogP contribution in [-0.2, 0) is 17.7 Å². The van der Waals surface area contributed by atoms with Crippen LogP contribution < -0.4 is 10.6 Å². The number of unbranched alkanes of at least 4 members (excludes halogenated alkanes) is 1. The second-order valence-corrected chi connectivity index (χ2v) is 7.66. The number of guanidine groups is 1. The molecule has 7 nitrogen and oxygen atoms in total. The standard InChI is InChI=1S/C21H40N6O/c1-3-5-15-28-16-9-12-22-21(24-17-19-10-7-6-8-11-19)23-13-14-27-18-25-26-20(27)4-2/h18-19H,3-17H2,1-2H3,(H2,22,23,24). The fraction of sp³-hybridized carbons (Fsp3) is 0.857. The molecule has 1 heterocycles. The summed E-state index contributed by atoms with van der Waals surface area (Å²) in [5.41, 5.74) is 0. The number of hydrogen-bond donors (Lipinski definition) is 2. The maximum Gasteiger partial charge on any atom is 0.191 e. The molecule has 0 aromatic carbocycles. The Bertz CT molecular complexity index is 539. The van der Waals surface area contributed by atoms with Crippen LogP contribution in [0, 0.1) is 5.92 Å². The molecule has 0 amide bonds. The van der Waals surface area contributed by atoms with E-state index in [-0.39, 0.29) is 0 Å². The van der Waals surface area contributed by atoms with Crippen LogP contribution in [0.15, 0.2) is 11.3 Å². The highest BCUT2D eigenvalue weighted by atomic mass is 16.5. The highest BCUT2D eigenvalue weighted by molar-refractivity contribution is 5.79. The number of hydrogen-bond acceptors (Lipinski definition) is 4. The lowest BCUT2D eigenvalue weighted by molar-refractivity contribution is 0.129. The first-order chi connectivity index (χ1) is 13.8. The van der Waals surface area contributed by atoms with Crippen molar-refractivity contribution in [2.45, 2.75) is 78.2 Å². The van der Waals surface area contributed by atoms with Gasteiger partial charge in [-0.1, -0.05) is 39.5 Å². The molecule has 0 radical (unpaired) electrons. The molecule has 7 heteroatoms. The molecular formula is C21H40N6O. The highest BCUT2D eigenvalue weighted by Crippen LogP contribution is 2.23. The number of nitrogens with zero attached hydrogens (tertiary/aromatic N) is 4. The zero-order valence-corrected chi connectivity index (χ0v) is 18.0. The van der Waals surface area contributed by atoms with Crippen LogP contribution in [0.1, 0.15) is 71.0 Å². The zero-order chi connectivity index (χ0) is 19.9. The predicted octanol–water partition coefficient (Wildman–Crippen LogP) is 3.16. The molecular weight excluding hydrogens is 352 g/mol. The molecule has 2 N–H and O–H groups in total. The predicted molar refractivity (Wildman–Crippen MR) is 115 cm³/mol. The average Bonchev–Trinajstić information content (AvgIpc) is 3.19. The van der Waals surface area contributed by atoms with E-state index >= 15 is 0 Å². The summed E-state index contributed by atoms with van der Waals surface area (Å²) >= 11 is 0. The molecule has 1 aliphatic carbocycles. The summed E-state index contributed by atoms with van der Waals surface area (Å²) in [6.45, 7) is 9.45. The van der Waals surface area contributed by atoms with Gasteiger partial charge in [0, 0.05) is 45.8 Å². The molecule has 0 spiro atoms. The van der Waals surface area contributed by atoms with Crippen LogP contribution in [0.25, 0.3) is 0 Å². The third-order valence-corrected chi connectivity index (χ3v) is 5.29. The molecule has 1 aromatic rings. The van der Waals surface area contributed by atoms with Crippen molar-refractivity contribution in [1.29, 1.82) is 0 Å². The van der Waals surface area contributed by atoms with Gasteiger partial charge in [-0.3, -0.25) is 4.99 Å². The Balaban J connectivity index is 1.74. The molecule has 1 fully saturated rings. The molecule has 160 valence electrons. The van der Waals surface area contributed by atoms with Crippen LogP contribution in [0.2, 0.25) is 0 Å². The van der Waals surface area contributed by atoms with Gasteiger partial charge in [0.05, 0.1) is 0 Å². The van der Waals surface area contributed by atoms with Gasteiger partial charge >= 0.3 is 0 Å². The van der Waals surface area contributed by atoms with Crippen LogP contribution in [0.3, 0.4) is 0 Å².